The normalized spacial score (nSPS) is 11.9. The number of carbonyl (C=O) groups is 2. The second kappa shape index (κ2) is 8.91. The zero-order valence-electron chi connectivity index (χ0n) is 15.0. The van der Waals surface area contributed by atoms with Crippen molar-refractivity contribution in [2.75, 3.05) is 11.1 Å². The summed E-state index contributed by atoms with van der Waals surface area (Å²) in [6, 6.07) is 8.78. The minimum Gasteiger partial charge on any atom is -0.452 e. The first-order valence-corrected chi connectivity index (χ1v) is 9.32. The van der Waals surface area contributed by atoms with Gasteiger partial charge in [0, 0.05) is 0 Å². The van der Waals surface area contributed by atoms with E-state index in [2.05, 4.69) is 15.3 Å². The van der Waals surface area contributed by atoms with Crippen molar-refractivity contribution in [3.63, 3.8) is 0 Å². The summed E-state index contributed by atoms with van der Waals surface area (Å²) < 4.78 is 44.7. The number of fused-ring (bicyclic) bond motifs is 1. The minimum atomic E-state index is -1.71. The Morgan fingerprint density at radius 2 is 1.83 bits per heavy atom. The summed E-state index contributed by atoms with van der Waals surface area (Å²) >= 11 is 1.08. The van der Waals surface area contributed by atoms with Crippen LogP contribution in [0, 0.1) is 17.5 Å². The Hall–Kier alpha value is -3.14. The summed E-state index contributed by atoms with van der Waals surface area (Å²) in [6.07, 6.45) is 0.237. The molecule has 0 aliphatic rings. The number of aromatic nitrogens is 2. The monoisotopic (exact) mass is 421 g/mol. The number of hydrogen-bond acceptors (Lipinski definition) is 6. The number of halogens is 3. The van der Waals surface area contributed by atoms with Crippen molar-refractivity contribution in [2.45, 2.75) is 18.1 Å². The van der Waals surface area contributed by atoms with Gasteiger partial charge in [0.15, 0.2) is 23.6 Å². The topological polar surface area (TPSA) is 81.2 Å². The third-order valence-corrected chi connectivity index (χ3v) is 4.61. The molecule has 0 fully saturated rings. The van der Waals surface area contributed by atoms with Crippen LogP contribution in [-0.2, 0) is 14.3 Å². The Morgan fingerprint density at radius 1 is 1.10 bits per heavy atom. The molecule has 0 unspecified atom stereocenters. The van der Waals surface area contributed by atoms with Gasteiger partial charge in [-0.05, 0) is 31.2 Å². The molecule has 0 spiro atoms. The number of nitrogens with one attached hydrogen (secondary N) is 1. The highest BCUT2D eigenvalue weighted by Crippen LogP contribution is 2.21. The number of para-hydroxylation sites is 2. The third-order valence-electron chi connectivity index (χ3n) is 3.73. The molecule has 1 heterocycles. The molecular formula is C19H14F3N3O3S. The lowest BCUT2D eigenvalue weighted by molar-refractivity contribution is -0.150. The lowest BCUT2D eigenvalue weighted by Crippen LogP contribution is -2.31. The molecule has 0 aliphatic carbocycles. The van der Waals surface area contributed by atoms with Gasteiger partial charge in [0.1, 0.15) is 5.03 Å². The van der Waals surface area contributed by atoms with E-state index >= 15 is 0 Å². The average Bonchev–Trinajstić information content (AvgIpc) is 2.72. The first kappa shape index (κ1) is 20.6. The van der Waals surface area contributed by atoms with Crippen molar-refractivity contribution in [1.82, 2.24) is 9.97 Å². The van der Waals surface area contributed by atoms with Crippen molar-refractivity contribution in [3.8, 4) is 0 Å². The van der Waals surface area contributed by atoms with Crippen LogP contribution in [0.2, 0.25) is 0 Å². The number of anilines is 1. The fourth-order valence-corrected chi connectivity index (χ4v) is 2.91. The first-order valence-electron chi connectivity index (χ1n) is 8.33. The molecule has 2 aromatic carbocycles. The molecule has 1 N–H and O–H groups in total. The maximum absolute atomic E-state index is 13.6. The molecule has 1 aromatic heterocycles. The summed E-state index contributed by atoms with van der Waals surface area (Å²) in [5, 5.41) is 2.55. The van der Waals surface area contributed by atoms with Crippen LogP contribution in [0.5, 0.6) is 0 Å². The van der Waals surface area contributed by atoms with E-state index in [0.717, 1.165) is 17.8 Å². The van der Waals surface area contributed by atoms with Crippen molar-refractivity contribution in [3.05, 3.63) is 60.0 Å². The van der Waals surface area contributed by atoms with Crippen molar-refractivity contribution < 1.29 is 27.5 Å². The van der Waals surface area contributed by atoms with Crippen molar-refractivity contribution in [2.24, 2.45) is 0 Å². The number of carbonyl (C=O) groups excluding carboxylic acids is 2. The molecule has 0 saturated heterocycles. The summed E-state index contributed by atoms with van der Waals surface area (Å²) in [6.45, 7) is 1.27. The van der Waals surface area contributed by atoms with E-state index in [1.165, 1.54) is 13.1 Å². The molecule has 0 bridgehead atoms. The Kier molecular flexibility index (Phi) is 6.32. The fraction of sp³-hybridized carbons (Fsp3) is 0.158. The highest BCUT2D eigenvalue weighted by atomic mass is 32.2. The van der Waals surface area contributed by atoms with E-state index in [1.807, 2.05) is 12.1 Å². The van der Waals surface area contributed by atoms with Crippen LogP contribution in [0.15, 0.2) is 47.6 Å². The molecular weight excluding hydrogens is 407 g/mol. The number of rotatable bonds is 6. The smallest absolute Gasteiger partial charge is 0.317 e. The van der Waals surface area contributed by atoms with Gasteiger partial charge in [0.2, 0.25) is 0 Å². The number of amides is 1. The second-order valence-corrected chi connectivity index (χ2v) is 6.83. The maximum Gasteiger partial charge on any atom is 0.317 e. The summed E-state index contributed by atoms with van der Waals surface area (Å²) in [7, 11) is 0. The van der Waals surface area contributed by atoms with Gasteiger partial charge in [0.25, 0.3) is 5.91 Å². The molecule has 3 rings (SSSR count). The third kappa shape index (κ3) is 5.02. The van der Waals surface area contributed by atoms with Crippen LogP contribution in [0.25, 0.3) is 11.0 Å². The number of nitrogens with zero attached hydrogens (tertiary/aromatic N) is 2. The molecule has 6 nitrogen and oxygen atoms in total. The van der Waals surface area contributed by atoms with Gasteiger partial charge in [-0.2, -0.15) is 0 Å². The zero-order valence-corrected chi connectivity index (χ0v) is 15.8. The molecule has 1 amide bonds. The Labute approximate surface area is 167 Å². The van der Waals surface area contributed by atoms with Crippen LogP contribution < -0.4 is 5.32 Å². The molecule has 10 heteroatoms. The largest absolute Gasteiger partial charge is 0.452 e. The van der Waals surface area contributed by atoms with Gasteiger partial charge in [-0.1, -0.05) is 23.9 Å². The van der Waals surface area contributed by atoms with E-state index in [1.54, 1.807) is 12.1 Å². The summed E-state index contributed by atoms with van der Waals surface area (Å²) in [5.74, 6) is -6.36. The van der Waals surface area contributed by atoms with Crippen LogP contribution in [0.4, 0.5) is 18.9 Å². The highest BCUT2D eigenvalue weighted by Gasteiger charge is 2.21. The quantitative estimate of drug-likeness (QED) is 0.371. The predicted octanol–water partition coefficient (Wildman–Crippen LogP) is 3.71. The van der Waals surface area contributed by atoms with Crippen LogP contribution in [0.3, 0.4) is 0 Å². The van der Waals surface area contributed by atoms with Crippen LogP contribution >= 0.6 is 11.8 Å². The standard InChI is InChI=1S/C19H14F3N3O3S/c1-10(19(27)25-14-7-6-11(20)17(21)18(14)22)28-16(26)9-29-15-8-23-12-4-2-3-5-13(12)24-15/h2-8,10H,9H2,1H3,(H,25,27)/t10-/m0/s1. The van der Waals surface area contributed by atoms with Gasteiger partial charge in [-0.15, -0.1) is 0 Å². The Morgan fingerprint density at radius 3 is 2.59 bits per heavy atom. The Bertz CT molecular complexity index is 1080. The van der Waals surface area contributed by atoms with Gasteiger partial charge in [-0.25, -0.2) is 18.2 Å². The van der Waals surface area contributed by atoms with E-state index in [4.69, 9.17) is 4.74 Å². The fourth-order valence-electron chi connectivity index (χ4n) is 2.28. The van der Waals surface area contributed by atoms with E-state index in [9.17, 15) is 22.8 Å². The predicted molar refractivity (Wildman–Crippen MR) is 101 cm³/mol. The number of thioether (sulfide) groups is 1. The van der Waals surface area contributed by atoms with E-state index in [-0.39, 0.29) is 5.75 Å². The van der Waals surface area contributed by atoms with Gasteiger partial charge >= 0.3 is 5.97 Å². The van der Waals surface area contributed by atoms with Crippen molar-refractivity contribution >= 4 is 40.4 Å². The molecule has 0 saturated carbocycles. The maximum atomic E-state index is 13.6. The van der Waals surface area contributed by atoms with E-state index in [0.29, 0.717) is 22.1 Å². The lowest BCUT2D eigenvalue weighted by Gasteiger charge is -2.14. The summed E-state index contributed by atoms with van der Waals surface area (Å²) in [4.78, 5) is 32.5. The average molecular weight is 421 g/mol. The second-order valence-electron chi connectivity index (χ2n) is 5.83. The van der Waals surface area contributed by atoms with Gasteiger partial charge in [-0.3, -0.25) is 14.6 Å². The van der Waals surface area contributed by atoms with Gasteiger partial charge < -0.3 is 10.1 Å². The molecule has 29 heavy (non-hydrogen) atoms. The summed E-state index contributed by atoms with van der Waals surface area (Å²) in [5.41, 5.74) is 0.832. The number of hydrogen-bond donors (Lipinski definition) is 1. The highest BCUT2D eigenvalue weighted by molar-refractivity contribution is 7.99. The SMILES string of the molecule is C[C@H](OC(=O)CSc1cnc2ccccc2n1)C(=O)Nc1ccc(F)c(F)c1F. The van der Waals surface area contributed by atoms with Crippen LogP contribution in [-0.4, -0.2) is 33.7 Å². The molecule has 0 aliphatic heterocycles. The minimum absolute atomic E-state index is 0.135. The molecule has 1 atom stereocenters. The number of benzene rings is 2. The van der Waals surface area contributed by atoms with Crippen LogP contribution in [0.1, 0.15) is 6.92 Å². The lowest BCUT2D eigenvalue weighted by atomic mass is 10.2. The molecule has 3 aromatic rings. The zero-order chi connectivity index (χ0) is 21.0. The Balaban J connectivity index is 1.54. The first-order chi connectivity index (χ1) is 13.8. The molecule has 0 radical (unpaired) electrons. The van der Waals surface area contributed by atoms with E-state index < -0.39 is 41.1 Å². The number of ether oxygens (including phenoxy) is 1. The number of esters is 1. The van der Waals surface area contributed by atoms with Crippen molar-refractivity contribution in [1.29, 1.82) is 0 Å². The molecule has 150 valence electrons. The van der Waals surface area contributed by atoms with Gasteiger partial charge in [0.05, 0.1) is 28.7 Å².